The normalized spacial score (nSPS) is 19.8. The Kier molecular flexibility index (Phi) is 6.18. The van der Waals surface area contributed by atoms with Crippen molar-refractivity contribution in [2.75, 3.05) is 6.61 Å². The third kappa shape index (κ3) is 5.06. The summed E-state index contributed by atoms with van der Waals surface area (Å²) in [5.74, 6) is -4.08. The molecule has 0 radical (unpaired) electrons. The van der Waals surface area contributed by atoms with Crippen molar-refractivity contribution in [3.63, 3.8) is 0 Å². The van der Waals surface area contributed by atoms with Crippen LogP contribution in [0.15, 0.2) is 0 Å². The van der Waals surface area contributed by atoms with E-state index in [1.807, 2.05) is 0 Å². The second-order valence-corrected chi connectivity index (χ2v) is 5.56. The lowest BCUT2D eigenvalue weighted by molar-refractivity contribution is -0.334. The molecule has 0 unspecified atom stereocenters. The van der Waals surface area contributed by atoms with Crippen molar-refractivity contribution in [2.45, 2.75) is 57.8 Å². The third-order valence-corrected chi connectivity index (χ3v) is 3.57. The SMILES string of the molecule is CCCCCCCCCOC1(C(=O)O)OS(=O)(=O)O1. The van der Waals surface area contributed by atoms with Crippen molar-refractivity contribution in [1.82, 2.24) is 0 Å². The smallest absolute Gasteiger partial charge is 0.419 e. The zero-order valence-electron chi connectivity index (χ0n) is 11.0. The molecule has 1 aliphatic heterocycles. The van der Waals surface area contributed by atoms with Crippen LogP contribution in [0.5, 0.6) is 0 Å². The van der Waals surface area contributed by atoms with Crippen LogP contribution in [0.25, 0.3) is 0 Å². The van der Waals surface area contributed by atoms with Crippen LogP contribution in [0.1, 0.15) is 51.9 Å². The number of hydrogen-bond donors (Lipinski definition) is 1. The maximum absolute atomic E-state index is 10.8. The van der Waals surface area contributed by atoms with Crippen molar-refractivity contribution in [1.29, 1.82) is 0 Å². The molecule has 0 amide bonds. The summed E-state index contributed by atoms with van der Waals surface area (Å²) in [5, 5.41) is 8.78. The van der Waals surface area contributed by atoms with Gasteiger partial charge in [-0.2, -0.15) is 16.8 Å². The highest BCUT2D eigenvalue weighted by molar-refractivity contribution is 7.82. The lowest BCUT2D eigenvalue weighted by Gasteiger charge is -2.33. The fourth-order valence-electron chi connectivity index (χ4n) is 1.72. The van der Waals surface area contributed by atoms with Gasteiger partial charge in [-0.05, 0) is 6.42 Å². The summed E-state index contributed by atoms with van der Waals surface area (Å²) >= 11 is 0. The minimum absolute atomic E-state index is 0.0790. The molecule has 1 heterocycles. The monoisotopic (exact) mass is 296 g/mol. The van der Waals surface area contributed by atoms with E-state index in [4.69, 9.17) is 9.84 Å². The predicted molar refractivity (Wildman–Crippen MR) is 65.4 cm³/mol. The van der Waals surface area contributed by atoms with Gasteiger partial charge in [-0.1, -0.05) is 45.4 Å². The number of carbonyl (C=O) groups is 1. The topological polar surface area (TPSA) is 99.1 Å². The molecule has 0 aromatic heterocycles. The Bertz CT molecular complexity index is 378. The van der Waals surface area contributed by atoms with E-state index in [-0.39, 0.29) is 6.61 Å². The Morgan fingerprint density at radius 3 is 2.11 bits per heavy atom. The maximum atomic E-state index is 10.8. The van der Waals surface area contributed by atoms with E-state index >= 15 is 0 Å². The van der Waals surface area contributed by atoms with E-state index in [1.165, 1.54) is 19.3 Å². The van der Waals surface area contributed by atoms with Gasteiger partial charge in [0.15, 0.2) is 0 Å². The fraction of sp³-hybridized carbons (Fsp3) is 0.909. The van der Waals surface area contributed by atoms with Crippen LogP contribution in [0.2, 0.25) is 0 Å². The summed E-state index contributed by atoms with van der Waals surface area (Å²) in [7, 11) is -4.20. The number of carboxylic acids is 1. The number of carboxylic acid groups (broad SMARTS) is 1. The highest BCUT2D eigenvalue weighted by Gasteiger charge is 2.61. The molecule has 0 saturated carbocycles. The average molecular weight is 296 g/mol. The van der Waals surface area contributed by atoms with Gasteiger partial charge in [0.1, 0.15) is 0 Å². The highest BCUT2D eigenvalue weighted by Crippen LogP contribution is 2.32. The first kappa shape index (κ1) is 16.4. The first-order valence-corrected chi connectivity index (χ1v) is 7.79. The van der Waals surface area contributed by atoms with Crippen molar-refractivity contribution in [3.05, 3.63) is 0 Å². The minimum Gasteiger partial charge on any atom is -0.475 e. The number of ether oxygens (including phenoxy) is 1. The van der Waals surface area contributed by atoms with E-state index in [0.717, 1.165) is 19.3 Å². The van der Waals surface area contributed by atoms with Crippen LogP contribution < -0.4 is 0 Å². The Balaban J connectivity index is 2.13. The molecule has 0 aromatic rings. The molecule has 1 N–H and O–H groups in total. The fourth-order valence-corrected chi connectivity index (χ4v) is 2.51. The summed E-state index contributed by atoms with van der Waals surface area (Å²) in [6.45, 7) is 2.22. The molecule has 112 valence electrons. The quantitative estimate of drug-likeness (QED) is 0.613. The van der Waals surface area contributed by atoms with Crippen molar-refractivity contribution < 1.29 is 31.4 Å². The zero-order chi connectivity index (χ0) is 14.4. The molecule has 1 rings (SSSR count). The van der Waals surface area contributed by atoms with Gasteiger partial charge in [0.2, 0.25) is 0 Å². The second-order valence-electron chi connectivity index (χ2n) is 4.41. The molecule has 0 spiro atoms. The van der Waals surface area contributed by atoms with Crippen LogP contribution in [-0.2, 0) is 28.3 Å². The van der Waals surface area contributed by atoms with Gasteiger partial charge in [-0.3, -0.25) is 0 Å². The van der Waals surface area contributed by atoms with Crippen molar-refractivity contribution in [3.8, 4) is 0 Å². The summed E-state index contributed by atoms with van der Waals surface area (Å²) in [4.78, 5) is 10.8. The minimum atomic E-state index is -4.20. The molecule has 0 bridgehead atoms. The van der Waals surface area contributed by atoms with Gasteiger partial charge in [0, 0.05) is 0 Å². The van der Waals surface area contributed by atoms with Crippen molar-refractivity contribution in [2.24, 2.45) is 0 Å². The first-order chi connectivity index (χ1) is 8.92. The highest BCUT2D eigenvalue weighted by atomic mass is 32.3. The number of hydrogen-bond acceptors (Lipinski definition) is 6. The van der Waals surface area contributed by atoms with Crippen LogP contribution in [0.3, 0.4) is 0 Å². The predicted octanol–water partition coefficient (Wildman–Crippen LogP) is 1.78. The van der Waals surface area contributed by atoms with E-state index in [0.29, 0.717) is 6.42 Å². The van der Waals surface area contributed by atoms with Crippen LogP contribution in [0.4, 0.5) is 0 Å². The number of aliphatic carboxylic acids is 1. The maximum Gasteiger partial charge on any atom is 0.419 e. The summed E-state index contributed by atoms with van der Waals surface area (Å²) in [6.07, 6.45) is 7.31. The Morgan fingerprint density at radius 2 is 1.63 bits per heavy atom. The van der Waals surface area contributed by atoms with Gasteiger partial charge in [0.25, 0.3) is 0 Å². The number of unbranched alkanes of at least 4 members (excludes halogenated alkanes) is 6. The second kappa shape index (κ2) is 7.18. The van der Waals surface area contributed by atoms with E-state index in [2.05, 4.69) is 15.3 Å². The molecule has 1 aliphatic rings. The molecule has 0 aromatic carbocycles. The molecular weight excluding hydrogens is 276 g/mol. The Hall–Kier alpha value is -0.700. The Labute approximate surface area is 113 Å². The summed E-state index contributed by atoms with van der Waals surface area (Å²) in [5.41, 5.74) is 0. The van der Waals surface area contributed by atoms with E-state index in [1.54, 1.807) is 0 Å². The largest absolute Gasteiger partial charge is 0.475 e. The first-order valence-electron chi connectivity index (χ1n) is 6.45. The van der Waals surface area contributed by atoms with Gasteiger partial charge in [-0.25, -0.2) is 4.79 Å². The molecule has 0 atom stereocenters. The average Bonchev–Trinajstić information content (AvgIpc) is 2.29. The summed E-state index contributed by atoms with van der Waals surface area (Å²) in [6, 6.07) is 0. The van der Waals surface area contributed by atoms with Crippen LogP contribution in [0, 0.1) is 0 Å². The van der Waals surface area contributed by atoms with Crippen LogP contribution >= 0.6 is 0 Å². The van der Waals surface area contributed by atoms with E-state index in [9.17, 15) is 13.2 Å². The lowest BCUT2D eigenvalue weighted by Crippen LogP contribution is -2.58. The lowest BCUT2D eigenvalue weighted by atomic mass is 10.1. The van der Waals surface area contributed by atoms with Crippen LogP contribution in [-0.4, -0.2) is 32.1 Å². The van der Waals surface area contributed by atoms with Gasteiger partial charge in [0.05, 0.1) is 6.61 Å². The van der Waals surface area contributed by atoms with Gasteiger partial charge in [-0.15, -0.1) is 0 Å². The van der Waals surface area contributed by atoms with Gasteiger partial charge >= 0.3 is 22.3 Å². The molecule has 8 heteroatoms. The third-order valence-electron chi connectivity index (χ3n) is 2.73. The standard InChI is InChI=1S/C11H20O7S/c1-2-3-4-5-6-7-8-9-16-11(10(12)13)17-19(14,15)18-11/h2-9H2,1H3,(H,12,13). The van der Waals surface area contributed by atoms with E-state index < -0.39 is 22.3 Å². The number of rotatable bonds is 10. The van der Waals surface area contributed by atoms with Crippen molar-refractivity contribution >= 4 is 16.4 Å². The molecule has 0 aliphatic carbocycles. The van der Waals surface area contributed by atoms with Gasteiger partial charge < -0.3 is 9.84 Å². The zero-order valence-corrected chi connectivity index (χ0v) is 11.8. The molecule has 1 saturated heterocycles. The molecule has 7 nitrogen and oxygen atoms in total. The molecule has 19 heavy (non-hydrogen) atoms. The molecular formula is C11H20O7S. The molecule has 1 fully saturated rings. The summed E-state index contributed by atoms with van der Waals surface area (Å²) < 4.78 is 34.5. The Morgan fingerprint density at radius 1 is 1.11 bits per heavy atom.